The van der Waals surface area contributed by atoms with E-state index in [0.717, 1.165) is 37.7 Å². The smallest absolute Gasteiger partial charge is 0.191 e. The number of nitrogens with one attached hydrogen (secondary N) is 2. The standard InChI is InChI=1S/C16H27N5.HI/c1-4-17-16(20-14-7-5-6-8-14)19-11-15-18-9-10-21(15)12-13(2)3;/h5-6,9-10,13-14H,4,7-8,11-12H2,1-3H3,(H2,17,19,20);1H. The summed E-state index contributed by atoms with van der Waals surface area (Å²) in [6, 6.07) is 0.471. The van der Waals surface area contributed by atoms with E-state index in [2.05, 4.69) is 58.1 Å². The molecular weight excluding hydrogens is 389 g/mol. The highest BCUT2D eigenvalue weighted by Gasteiger charge is 2.12. The predicted molar refractivity (Wildman–Crippen MR) is 103 cm³/mol. The molecule has 1 aliphatic carbocycles. The first-order valence-electron chi connectivity index (χ1n) is 7.89. The molecule has 0 bridgehead atoms. The molecule has 0 atom stereocenters. The van der Waals surface area contributed by atoms with Crippen LogP contribution < -0.4 is 10.6 Å². The molecule has 0 fully saturated rings. The molecule has 1 aromatic rings. The van der Waals surface area contributed by atoms with Gasteiger partial charge >= 0.3 is 0 Å². The average Bonchev–Trinajstić information content (AvgIpc) is 3.07. The van der Waals surface area contributed by atoms with Crippen LogP contribution in [0.3, 0.4) is 0 Å². The van der Waals surface area contributed by atoms with E-state index in [1.807, 2.05) is 12.4 Å². The summed E-state index contributed by atoms with van der Waals surface area (Å²) in [5, 5.41) is 6.79. The van der Waals surface area contributed by atoms with Gasteiger partial charge in [-0.25, -0.2) is 9.98 Å². The van der Waals surface area contributed by atoms with Gasteiger partial charge in [-0.15, -0.1) is 24.0 Å². The van der Waals surface area contributed by atoms with E-state index < -0.39 is 0 Å². The second-order valence-corrected chi connectivity index (χ2v) is 5.87. The first kappa shape index (κ1) is 19.0. The Balaban J connectivity index is 0.00000242. The molecule has 1 aliphatic rings. The maximum absolute atomic E-state index is 4.67. The molecule has 1 aromatic heterocycles. The summed E-state index contributed by atoms with van der Waals surface area (Å²) in [6.45, 7) is 8.98. The molecule has 1 heterocycles. The highest BCUT2D eigenvalue weighted by molar-refractivity contribution is 14.0. The fraction of sp³-hybridized carbons (Fsp3) is 0.625. The summed E-state index contributed by atoms with van der Waals surface area (Å²) in [6.07, 6.45) is 10.5. The Hall–Kier alpha value is -1.05. The van der Waals surface area contributed by atoms with Crippen molar-refractivity contribution in [2.24, 2.45) is 10.9 Å². The van der Waals surface area contributed by atoms with Crippen molar-refractivity contribution < 1.29 is 0 Å². The molecule has 6 heteroatoms. The van der Waals surface area contributed by atoms with Crippen LogP contribution >= 0.6 is 24.0 Å². The van der Waals surface area contributed by atoms with Crippen LogP contribution in [0.1, 0.15) is 39.4 Å². The van der Waals surface area contributed by atoms with Crippen LogP contribution in [0.15, 0.2) is 29.5 Å². The summed E-state index contributed by atoms with van der Waals surface area (Å²) in [5.41, 5.74) is 0. The van der Waals surface area contributed by atoms with E-state index in [0.29, 0.717) is 18.5 Å². The highest BCUT2D eigenvalue weighted by atomic mass is 127. The van der Waals surface area contributed by atoms with Crippen molar-refractivity contribution in [2.75, 3.05) is 6.54 Å². The van der Waals surface area contributed by atoms with Crippen molar-refractivity contribution in [1.82, 2.24) is 20.2 Å². The highest BCUT2D eigenvalue weighted by Crippen LogP contribution is 2.09. The van der Waals surface area contributed by atoms with E-state index in [9.17, 15) is 0 Å². The average molecular weight is 417 g/mol. The van der Waals surface area contributed by atoms with Gasteiger partial charge in [-0.1, -0.05) is 26.0 Å². The van der Waals surface area contributed by atoms with Gasteiger partial charge in [-0.3, -0.25) is 0 Å². The lowest BCUT2D eigenvalue weighted by Gasteiger charge is -2.17. The van der Waals surface area contributed by atoms with Crippen LogP contribution in [0.2, 0.25) is 0 Å². The van der Waals surface area contributed by atoms with Gasteiger partial charge in [0.1, 0.15) is 12.4 Å². The minimum Gasteiger partial charge on any atom is -0.357 e. The first-order chi connectivity index (χ1) is 10.2. The second kappa shape index (κ2) is 9.86. The van der Waals surface area contributed by atoms with E-state index in [1.54, 1.807) is 0 Å². The fourth-order valence-corrected chi connectivity index (χ4v) is 2.45. The molecule has 2 N–H and O–H groups in total. The molecule has 0 saturated heterocycles. The van der Waals surface area contributed by atoms with Crippen molar-refractivity contribution >= 4 is 29.9 Å². The Bertz CT molecular complexity index is 484. The lowest BCUT2D eigenvalue weighted by Crippen LogP contribution is -2.42. The van der Waals surface area contributed by atoms with Crippen LogP contribution in [0.25, 0.3) is 0 Å². The number of guanidine groups is 1. The fourth-order valence-electron chi connectivity index (χ4n) is 2.45. The van der Waals surface area contributed by atoms with Gasteiger partial charge in [0.05, 0.1) is 0 Å². The molecule has 0 saturated carbocycles. The number of hydrogen-bond acceptors (Lipinski definition) is 2. The maximum Gasteiger partial charge on any atom is 0.191 e. The third kappa shape index (κ3) is 5.98. The summed E-state index contributed by atoms with van der Waals surface area (Å²) < 4.78 is 2.19. The van der Waals surface area contributed by atoms with Crippen LogP contribution in [0.5, 0.6) is 0 Å². The Morgan fingerprint density at radius 1 is 1.41 bits per heavy atom. The number of hydrogen-bond donors (Lipinski definition) is 2. The van der Waals surface area contributed by atoms with Crippen molar-refractivity contribution in [3.63, 3.8) is 0 Å². The molecule has 124 valence electrons. The van der Waals surface area contributed by atoms with Crippen molar-refractivity contribution in [3.05, 3.63) is 30.4 Å². The Kier molecular flexibility index (Phi) is 8.52. The van der Waals surface area contributed by atoms with Crippen molar-refractivity contribution in [3.8, 4) is 0 Å². The Morgan fingerprint density at radius 2 is 2.14 bits per heavy atom. The molecular formula is C16H28IN5. The van der Waals surface area contributed by atoms with Crippen LogP contribution in [0, 0.1) is 5.92 Å². The zero-order valence-electron chi connectivity index (χ0n) is 13.7. The summed E-state index contributed by atoms with van der Waals surface area (Å²) in [5.74, 6) is 2.51. The number of aliphatic imine (C=N–C) groups is 1. The molecule has 2 rings (SSSR count). The number of rotatable bonds is 6. The van der Waals surface area contributed by atoms with Crippen LogP contribution in [0.4, 0.5) is 0 Å². The monoisotopic (exact) mass is 417 g/mol. The minimum atomic E-state index is 0. The maximum atomic E-state index is 4.67. The molecule has 0 radical (unpaired) electrons. The molecule has 0 spiro atoms. The minimum absolute atomic E-state index is 0. The third-order valence-electron chi connectivity index (χ3n) is 3.44. The van der Waals surface area contributed by atoms with Gasteiger partial charge < -0.3 is 15.2 Å². The van der Waals surface area contributed by atoms with Crippen LogP contribution in [-0.2, 0) is 13.1 Å². The van der Waals surface area contributed by atoms with Gasteiger partial charge in [0.15, 0.2) is 5.96 Å². The van der Waals surface area contributed by atoms with Crippen molar-refractivity contribution in [1.29, 1.82) is 0 Å². The number of halogens is 1. The van der Waals surface area contributed by atoms with E-state index >= 15 is 0 Å². The largest absolute Gasteiger partial charge is 0.357 e. The number of imidazole rings is 1. The molecule has 22 heavy (non-hydrogen) atoms. The summed E-state index contributed by atoms with van der Waals surface area (Å²) in [4.78, 5) is 9.09. The van der Waals surface area contributed by atoms with Crippen molar-refractivity contribution in [2.45, 2.75) is 52.7 Å². The number of aromatic nitrogens is 2. The summed E-state index contributed by atoms with van der Waals surface area (Å²) in [7, 11) is 0. The normalized spacial score (nSPS) is 15.2. The molecule has 5 nitrogen and oxygen atoms in total. The van der Waals surface area contributed by atoms with E-state index in [1.165, 1.54) is 0 Å². The van der Waals surface area contributed by atoms with Gasteiger partial charge in [-0.2, -0.15) is 0 Å². The summed E-state index contributed by atoms with van der Waals surface area (Å²) >= 11 is 0. The van der Waals surface area contributed by atoms with Gasteiger partial charge in [0.2, 0.25) is 0 Å². The Morgan fingerprint density at radius 3 is 2.77 bits per heavy atom. The van der Waals surface area contributed by atoms with E-state index in [4.69, 9.17) is 0 Å². The van der Waals surface area contributed by atoms with Crippen LogP contribution in [-0.4, -0.2) is 28.1 Å². The first-order valence-corrected chi connectivity index (χ1v) is 7.89. The van der Waals surface area contributed by atoms with Gasteiger partial charge in [0, 0.05) is 31.5 Å². The molecule has 0 amide bonds. The lowest BCUT2D eigenvalue weighted by molar-refractivity contribution is 0.507. The third-order valence-corrected chi connectivity index (χ3v) is 3.44. The second-order valence-electron chi connectivity index (χ2n) is 5.87. The predicted octanol–water partition coefficient (Wildman–Crippen LogP) is 2.93. The zero-order valence-corrected chi connectivity index (χ0v) is 16.1. The van der Waals surface area contributed by atoms with Gasteiger partial charge in [0.25, 0.3) is 0 Å². The van der Waals surface area contributed by atoms with E-state index in [-0.39, 0.29) is 24.0 Å². The van der Waals surface area contributed by atoms with Gasteiger partial charge in [-0.05, 0) is 25.7 Å². The molecule has 0 unspecified atom stereocenters. The lowest BCUT2D eigenvalue weighted by atomic mass is 10.2. The molecule has 0 aliphatic heterocycles. The molecule has 0 aromatic carbocycles. The quantitative estimate of drug-likeness (QED) is 0.324. The SMILES string of the molecule is CCNC(=NCc1nccn1CC(C)C)NC1CC=CC1.I. The zero-order chi connectivity index (χ0) is 15.1. The topological polar surface area (TPSA) is 54.2 Å². The number of nitrogens with zero attached hydrogens (tertiary/aromatic N) is 3. The Labute approximate surface area is 150 Å².